The monoisotopic (exact) mass is 474 g/mol. The predicted octanol–water partition coefficient (Wildman–Crippen LogP) is 4.63. The minimum atomic E-state index is -4.57. The van der Waals surface area contributed by atoms with Gasteiger partial charge >= 0.3 is 6.18 Å². The van der Waals surface area contributed by atoms with Crippen LogP contribution < -0.4 is 10.2 Å². The largest absolute Gasteiger partial charge is 0.451 e. The summed E-state index contributed by atoms with van der Waals surface area (Å²) in [5, 5.41) is 11.8. The number of rotatable bonds is 4. The number of halogens is 4. The first kappa shape index (κ1) is 21.3. The van der Waals surface area contributed by atoms with Gasteiger partial charge in [-0.15, -0.1) is 10.2 Å². The van der Waals surface area contributed by atoms with Gasteiger partial charge in [-0.2, -0.15) is 13.2 Å². The van der Waals surface area contributed by atoms with Crippen LogP contribution in [-0.2, 0) is 19.3 Å². The van der Waals surface area contributed by atoms with Crippen molar-refractivity contribution >= 4 is 39.8 Å². The van der Waals surface area contributed by atoms with Gasteiger partial charge in [0.05, 0.1) is 5.70 Å². The van der Waals surface area contributed by atoms with Gasteiger partial charge in [0.2, 0.25) is 5.82 Å². The summed E-state index contributed by atoms with van der Waals surface area (Å²) in [5.41, 5.74) is 3.85. The Morgan fingerprint density at radius 2 is 2.03 bits per heavy atom. The van der Waals surface area contributed by atoms with E-state index in [9.17, 15) is 13.2 Å². The molecule has 12 heteroatoms. The number of nitrogens with one attached hydrogen (secondary N) is 2. The van der Waals surface area contributed by atoms with Crippen LogP contribution in [0.2, 0.25) is 5.15 Å². The van der Waals surface area contributed by atoms with E-state index in [1.807, 2.05) is 25.1 Å². The van der Waals surface area contributed by atoms with Gasteiger partial charge in [-0.05, 0) is 36.2 Å². The van der Waals surface area contributed by atoms with Crippen LogP contribution in [-0.4, -0.2) is 36.3 Å². The van der Waals surface area contributed by atoms with Crippen LogP contribution in [0, 0.1) is 6.92 Å². The normalized spacial score (nSPS) is 14.1. The fraction of sp³-hybridized carbons (Fsp3) is 0.238. The summed E-state index contributed by atoms with van der Waals surface area (Å²) in [5.74, 6) is -0.337. The third-order valence-electron chi connectivity index (χ3n) is 5.59. The molecule has 8 nitrogen and oxygen atoms in total. The summed E-state index contributed by atoms with van der Waals surface area (Å²) < 4.78 is 40.5. The van der Waals surface area contributed by atoms with Crippen molar-refractivity contribution in [2.45, 2.75) is 26.2 Å². The van der Waals surface area contributed by atoms with E-state index in [0.29, 0.717) is 28.9 Å². The number of H-pyrrole nitrogens is 1. The molecule has 0 unspecified atom stereocenters. The van der Waals surface area contributed by atoms with Crippen LogP contribution >= 0.6 is 11.6 Å². The molecule has 2 N–H and O–H groups in total. The smallest absolute Gasteiger partial charge is 0.380 e. The maximum absolute atomic E-state index is 13.1. The Morgan fingerprint density at radius 3 is 2.79 bits per heavy atom. The maximum Gasteiger partial charge on any atom is 0.451 e. The van der Waals surface area contributed by atoms with Crippen molar-refractivity contribution in [3.8, 4) is 0 Å². The summed E-state index contributed by atoms with van der Waals surface area (Å²) in [6.07, 6.45) is -1.13. The van der Waals surface area contributed by atoms with Gasteiger partial charge in [0.25, 0.3) is 0 Å². The third-order valence-corrected chi connectivity index (χ3v) is 5.79. The summed E-state index contributed by atoms with van der Waals surface area (Å²) >= 11 is 6.05. The molecule has 0 spiro atoms. The molecule has 0 radical (unpaired) electrons. The van der Waals surface area contributed by atoms with E-state index in [-0.39, 0.29) is 18.9 Å². The quantitative estimate of drug-likeness (QED) is 0.448. The average molecular weight is 475 g/mol. The van der Waals surface area contributed by atoms with E-state index in [1.165, 1.54) is 0 Å². The van der Waals surface area contributed by atoms with E-state index in [1.54, 1.807) is 17.3 Å². The molecule has 0 bridgehead atoms. The highest BCUT2D eigenvalue weighted by Crippen LogP contribution is 2.34. The number of aromatic nitrogens is 6. The summed E-state index contributed by atoms with van der Waals surface area (Å²) in [4.78, 5) is 13.5. The topological polar surface area (TPSA) is 87.5 Å². The van der Waals surface area contributed by atoms with Gasteiger partial charge in [-0.1, -0.05) is 18.2 Å². The molecule has 0 aliphatic carbocycles. The highest BCUT2D eigenvalue weighted by atomic mass is 35.5. The zero-order valence-corrected chi connectivity index (χ0v) is 18.2. The Morgan fingerprint density at radius 1 is 1.21 bits per heavy atom. The zero-order chi connectivity index (χ0) is 23.3. The molecule has 0 atom stereocenters. The van der Waals surface area contributed by atoms with Crippen molar-refractivity contribution in [1.82, 2.24) is 29.7 Å². The number of nitrogens with zero attached hydrogens (tertiary/aromatic N) is 6. The molecular weight excluding hydrogens is 457 g/mol. The number of hydrogen-bond acceptors (Lipinski definition) is 6. The molecule has 170 valence electrons. The van der Waals surface area contributed by atoms with E-state index >= 15 is 0 Å². The number of pyridine rings is 2. The Kier molecular flexibility index (Phi) is 5.00. The second-order valence-electron chi connectivity index (χ2n) is 7.66. The lowest BCUT2D eigenvalue weighted by Crippen LogP contribution is -2.34. The Balaban J connectivity index is 1.35. The van der Waals surface area contributed by atoms with Crippen LogP contribution in [0.15, 0.2) is 37.2 Å². The summed E-state index contributed by atoms with van der Waals surface area (Å²) in [7, 11) is 0. The van der Waals surface area contributed by atoms with Gasteiger partial charge in [-0.25, -0.2) is 9.97 Å². The molecule has 1 aliphatic rings. The minimum Gasteiger partial charge on any atom is -0.380 e. The first-order valence-corrected chi connectivity index (χ1v) is 10.4. The van der Waals surface area contributed by atoms with E-state index in [2.05, 4.69) is 37.0 Å². The zero-order valence-electron chi connectivity index (χ0n) is 17.4. The standard InChI is InChI=1S/C21H18ClF3N8/c1-11-7-17(32-5-6-33-19(12(32)2)30-31-20(33)21(23,24)25)28-10-13(11)9-27-15-3-4-26-18-14(15)8-16(22)29-18/h3-4,7-8,10H,2,5-6,9H2,1H3,(H2,26,27,29). The molecule has 0 aromatic carbocycles. The van der Waals surface area contributed by atoms with Crippen LogP contribution in [0.3, 0.4) is 0 Å². The van der Waals surface area contributed by atoms with Gasteiger partial charge in [-0.3, -0.25) is 0 Å². The second kappa shape index (κ2) is 7.77. The fourth-order valence-electron chi connectivity index (χ4n) is 3.89. The molecule has 0 saturated carbocycles. The van der Waals surface area contributed by atoms with Gasteiger partial charge in [0, 0.05) is 43.1 Å². The van der Waals surface area contributed by atoms with Crippen molar-refractivity contribution in [3.63, 3.8) is 0 Å². The lowest BCUT2D eigenvalue weighted by molar-refractivity contribution is -0.147. The van der Waals surface area contributed by atoms with Gasteiger partial charge in [0.1, 0.15) is 16.6 Å². The van der Waals surface area contributed by atoms with Crippen LogP contribution in [0.1, 0.15) is 22.8 Å². The predicted molar refractivity (Wildman–Crippen MR) is 119 cm³/mol. The summed E-state index contributed by atoms with van der Waals surface area (Å²) in [6.45, 7) is 6.76. The second-order valence-corrected chi connectivity index (χ2v) is 8.06. The molecule has 33 heavy (non-hydrogen) atoms. The van der Waals surface area contributed by atoms with Crippen LogP contribution in [0.4, 0.5) is 24.7 Å². The molecule has 5 rings (SSSR count). The molecule has 0 saturated heterocycles. The highest BCUT2D eigenvalue weighted by molar-refractivity contribution is 6.30. The highest BCUT2D eigenvalue weighted by Gasteiger charge is 2.40. The maximum atomic E-state index is 13.1. The van der Waals surface area contributed by atoms with Crippen molar-refractivity contribution in [1.29, 1.82) is 0 Å². The van der Waals surface area contributed by atoms with E-state index in [0.717, 1.165) is 26.8 Å². The first-order valence-electron chi connectivity index (χ1n) is 10.0. The van der Waals surface area contributed by atoms with Crippen LogP contribution in [0.5, 0.6) is 0 Å². The van der Waals surface area contributed by atoms with E-state index < -0.39 is 12.0 Å². The lowest BCUT2D eigenvalue weighted by Gasteiger charge is -2.31. The molecule has 0 fully saturated rings. The minimum absolute atomic E-state index is 0.0809. The number of anilines is 2. The van der Waals surface area contributed by atoms with Crippen LogP contribution in [0.25, 0.3) is 16.7 Å². The Labute approximate surface area is 191 Å². The third kappa shape index (κ3) is 3.78. The number of hydrogen-bond donors (Lipinski definition) is 2. The first-order chi connectivity index (χ1) is 15.7. The van der Waals surface area contributed by atoms with Gasteiger partial charge in [0.15, 0.2) is 5.82 Å². The van der Waals surface area contributed by atoms with Crippen molar-refractivity contribution in [3.05, 3.63) is 65.1 Å². The molecule has 4 aromatic rings. The average Bonchev–Trinajstić information content (AvgIpc) is 3.36. The van der Waals surface area contributed by atoms with Crippen molar-refractivity contribution in [2.75, 3.05) is 16.8 Å². The Bertz CT molecular complexity index is 1370. The molecule has 1 aliphatic heterocycles. The number of alkyl halides is 3. The molecular formula is C21H18ClF3N8. The molecule has 5 heterocycles. The summed E-state index contributed by atoms with van der Waals surface area (Å²) in [6, 6.07) is 5.56. The number of aromatic amines is 1. The SMILES string of the molecule is C=C1c2nnc(C(F)(F)F)n2CCN1c1cc(C)c(CNc2ccnc3[nH]c(Cl)cc23)cn1. The number of aryl methyl sites for hydroxylation is 1. The van der Waals surface area contributed by atoms with E-state index in [4.69, 9.17) is 11.6 Å². The van der Waals surface area contributed by atoms with Crippen molar-refractivity contribution in [2.24, 2.45) is 0 Å². The molecule has 0 amide bonds. The Hall–Kier alpha value is -3.60. The van der Waals surface area contributed by atoms with Gasteiger partial charge < -0.3 is 19.8 Å². The lowest BCUT2D eigenvalue weighted by atomic mass is 10.1. The molecule has 4 aromatic heterocycles. The van der Waals surface area contributed by atoms with Crippen molar-refractivity contribution < 1.29 is 13.2 Å². The number of fused-ring (bicyclic) bond motifs is 2. The fourth-order valence-corrected chi connectivity index (χ4v) is 4.09.